The number of likely N-dealkylation sites (tertiary alicyclic amines) is 1. The summed E-state index contributed by atoms with van der Waals surface area (Å²) in [6, 6.07) is 7.53. The van der Waals surface area contributed by atoms with Crippen LogP contribution in [-0.2, 0) is 6.42 Å². The van der Waals surface area contributed by atoms with Crippen molar-refractivity contribution in [3.63, 3.8) is 0 Å². The second-order valence-corrected chi connectivity index (χ2v) is 7.10. The minimum Gasteiger partial charge on any atom is -0.317 e. The molecule has 1 aromatic carbocycles. The summed E-state index contributed by atoms with van der Waals surface area (Å²) in [6.07, 6.45) is 5.27. The smallest absolute Gasteiger partial charge is 0.0354 e. The van der Waals surface area contributed by atoms with Gasteiger partial charge in [-0.25, -0.2) is 0 Å². The zero-order valence-electron chi connectivity index (χ0n) is 12.4. The summed E-state index contributed by atoms with van der Waals surface area (Å²) >= 11 is 3.59. The number of nitrogens with zero attached hydrogens (tertiary/aromatic N) is 1. The topological polar surface area (TPSA) is 15.3 Å². The Labute approximate surface area is 131 Å². The average molecular weight is 337 g/mol. The van der Waals surface area contributed by atoms with E-state index in [2.05, 4.69) is 51.3 Å². The zero-order valence-corrected chi connectivity index (χ0v) is 14.0. The van der Waals surface area contributed by atoms with Crippen LogP contribution < -0.4 is 5.32 Å². The number of aryl methyl sites for hydroxylation is 1. The van der Waals surface area contributed by atoms with Gasteiger partial charge in [0, 0.05) is 10.5 Å². The molecule has 1 atom stereocenters. The molecule has 0 bridgehead atoms. The highest BCUT2D eigenvalue weighted by Gasteiger charge is 2.30. The van der Waals surface area contributed by atoms with Crippen molar-refractivity contribution in [1.29, 1.82) is 0 Å². The maximum absolute atomic E-state index is 3.59. The summed E-state index contributed by atoms with van der Waals surface area (Å²) in [5.74, 6) is 0.886. The van der Waals surface area contributed by atoms with Crippen LogP contribution in [0.15, 0.2) is 22.7 Å². The van der Waals surface area contributed by atoms with Gasteiger partial charge in [0.1, 0.15) is 0 Å². The predicted molar refractivity (Wildman–Crippen MR) is 88.0 cm³/mol. The first-order valence-electron chi connectivity index (χ1n) is 8.01. The van der Waals surface area contributed by atoms with Crippen LogP contribution in [0.5, 0.6) is 0 Å². The molecule has 1 aromatic rings. The van der Waals surface area contributed by atoms with Gasteiger partial charge in [-0.15, -0.1) is 0 Å². The number of hydrogen-bond donors (Lipinski definition) is 1. The fourth-order valence-corrected chi connectivity index (χ4v) is 4.17. The van der Waals surface area contributed by atoms with Crippen LogP contribution in [0.4, 0.5) is 0 Å². The molecule has 1 fully saturated rings. The van der Waals surface area contributed by atoms with Gasteiger partial charge in [-0.2, -0.15) is 0 Å². The number of nitrogens with one attached hydrogen (secondary N) is 1. The number of fused-ring (bicyclic) bond motifs is 1. The lowest BCUT2D eigenvalue weighted by atomic mass is 9.94. The molecule has 1 unspecified atom stereocenters. The zero-order chi connectivity index (χ0) is 13.9. The van der Waals surface area contributed by atoms with Crippen molar-refractivity contribution in [3.05, 3.63) is 33.8 Å². The molecule has 2 aliphatic rings. The van der Waals surface area contributed by atoms with Gasteiger partial charge in [0.05, 0.1) is 0 Å². The van der Waals surface area contributed by atoms with Crippen molar-refractivity contribution in [3.8, 4) is 0 Å². The second kappa shape index (κ2) is 6.59. The molecule has 3 heteroatoms. The van der Waals surface area contributed by atoms with Crippen molar-refractivity contribution in [2.75, 3.05) is 26.2 Å². The number of hydrogen-bond acceptors (Lipinski definition) is 2. The largest absolute Gasteiger partial charge is 0.317 e. The van der Waals surface area contributed by atoms with Crippen LogP contribution >= 0.6 is 15.9 Å². The van der Waals surface area contributed by atoms with Crippen molar-refractivity contribution >= 4 is 15.9 Å². The summed E-state index contributed by atoms with van der Waals surface area (Å²) in [5.41, 5.74) is 3.14. The number of piperidine rings is 1. The Kier molecular flexibility index (Phi) is 4.79. The highest BCUT2D eigenvalue weighted by atomic mass is 79.9. The molecule has 1 aliphatic carbocycles. The third kappa shape index (κ3) is 3.10. The Morgan fingerprint density at radius 3 is 2.80 bits per heavy atom. The maximum atomic E-state index is 3.59. The van der Waals surface area contributed by atoms with Crippen LogP contribution in [0.2, 0.25) is 0 Å². The van der Waals surface area contributed by atoms with Crippen molar-refractivity contribution < 1.29 is 0 Å². The Hall–Kier alpha value is -0.380. The van der Waals surface area contributed by atoms with Gasteiger partial charge in [-0.05, 0) is 81.0 Å². The molecule has 0 amide bonds. The number of rotatable bonds is 4. The SMILES string of the molecule is CCNCC1CCN(C2CCc3cc(Br)ccc32)CC1. The quantitative estimate of drug-likeness (QED) is 0.900. The van der Waals surface area contributed by atoms with Gasteiger partial charge in [0.2, 0.25) is 0 Å². The maximum Gasteiger partial charge on any atom is 0.0354 e. The number of benzene rings is 1. The predicted octanol–water partition coefficient (Wildman–Crippen LogP) is 3.76. The normalized spacial score (nSPS) is 24.0. The molecule has 110 valence electrons. The van der Waals surface area contributed by atoms with Crippen molar-refractivity contribution in [2.24, 2.45) is 5.92 Å². The monoisotopic (exact) mass is 336 g/mol. The molecule has 1 heterocycles. The van der Waals surface area contributed by atoms with Crippen molar-refractivity contribution in [2.45, 2.75) is 38.6 Å². The van der Waals surface area contributed by atoms with E-state index in [4.69, 9.17) is 0 Å². The molecule has 20 heavy (non-hydrogen) atoms. The molecule has 0 spiro atoms. The first-order chi connectivity index (χ1) is 9.78. The van der Waals surface area contributed by atoms with E-state index in [-0.39, 0.29) is 0 Å². The van der Waals surface area contributed by atoms with Crippen LogP contribution in [0.3, 0.4) is 0 Å². The van der Waals surface area contributed by atoms with E-state index in [0.717, 1.165) is 12.5 Å². The molecule has 2 nitrogen and oxygen atoms in total. The second-order valence-electron chi connectivity index (χ2n) is 6.18. The lowest BCUT2D eigenvalue weighted by molar-refractivity contribution is 0.131. The first kappa shape index (κ1) is 14.6. The van der Waals surface area contributed by atoms with E-state index in [1.54, 1.807) is 11.1 Å². The minimum absolute atomic E-state index is 0.679. The lowest BCUT2D eigenvalue weighted by Gasteiger charge is -2.36. The summed E-state index contributed by atoms with van der Waals surface area (Å²) in [7, 11) is 0. The molecular formula is C17H25BrN2. The van der Waals surface area contributed by atoms with Crippen LogP contribution in [0, 0.1) is 5.92 Å². The van der Waals surface area contributed by atoms with Gasteiger partial charge < -0.3 is 5.32 Å². The molecule has 0 aromatic heterocycles. The van der Waals surface area contributed by atoms with Gasteiger partial charge in [0.15, 0.2) is 0 Å². The summed E-state index contributed by atoms with van der Waals surface area (Å²) in [5, 5.41) is 3.50. The minimum atomic E-state index is 0.679. The highest BCUT2D eigenvalue weighted by molar-refractivity contribution is 9.10. The van der Waals surface area contributed by atoms with Gasteiger partial charge in [-0.1, -0.05) is 28.9 Å². The summed E-state index contributed by atoms with van der Waals surface area (Å²) < 4.78 is 1.22. The van der Waals surface area contributed by atoms with E-state index in [1.807, 2.05) is 0 Å². The van der Waals surface area contributed by atoms with E-state index in [9.17, 15) is 0 Å². The third-order valence-corrected chi connectivity index (χ3v) is 5.42. The molecule has 1 N–H and O–H groups in total. The van der Waals surface area contributed by atoms with Crippen LogP contribution in [0.1, 0.15) is 43.4 Å². The molecule has 0 saturated carbocycles. The van der Waals surface area contributed by atoms with Gasteiger partial charge in [0.25, 0.3) is 0 Å². The Morgan fingerprint density at radius 1 is 1.25 bits per heavy atom. The fourth-order valence-electron chi connectivity index (χ4n) is 3.76. The van der Waals surface area contributed by atoms with Gasteiger partial charge >= 0.3 is 0 Å². The first-order valence-corrected chi connectivity index (χ1v) is 8.80. The summed E-state index contributed by atoms with van der Waals surface area (Å²) in [6.45, 7) is 7.05. The molecular weight excluding hydrogens is 312 g/mol. The van der Waals surface area contributed by atoms with Crippen molar-refractivity contribution in [1.82, 2.24) is 10.2 Å². The Balaban J connectivity index is 1.60. The fraction of sp³-hybridized carbons (Fsp3) is 0.647. The van der Waals surface area contributed by atoms with E-state index in [1.165, 1.54) is 49.8 Å². The Bertz CT molecular complexity index is 452. The lowest BCUT2D eigenvalue weighted by Crippen LogP contribution is -2.38. The highest BCUT2D eigenvalue weighted by Crippen LogP contribution is 2.38. The third-order valence-electron chi connectivity index (χ3n) is 4.92. The molecule has 0 radical (unpaired) electrons. The Morgan fingerprint density at radius 2 is 2.05 bits per heavy atom. The standard InChI is InChI=1S/C17H25BrN2/c1-2-19-12-13-7-9-20(10-8-13)17-6-3-14-11-15(18)4-5-16(14)17/h4-5,11,13,17,19H,2-3,6-10,12H2,1H3. The van der Waals surface area contributed by atoms with Gasteiger partial charge in [-0.3, -0.25) is 4.90 Å². The van der Waals surface area contributed by atoms with E-state index in [0.29, 0.717) is 6.04 Å². The molecule has 3 rings (SSSR count). The van der Waals surface area contributed by atoms with E-state index >= 15 is 0 Å². The van der Waals surface area contributed by atoms with E-state index < -0.39 is 0 Å². The number of halogens is 1. The van der Waals surface area contributed by atoms with Crippen LogP contribution in [-0.4, -0.2) is 31.1 Å². The average Bonchev–Trinajstić information content (AvgIpc) is 2.88. The van der Waals surface area contributed by atoms with Crippen LogP contribution in [0.25, 0.3) is 0 Å². The molecule has 1 saturated heterocycles. The molecule has 1 aliphatic heterocycles. The summed E-state index contributed by atoms with van der Waals surface area (Å²) in [4.78, 5) is 2.72.